The first-order valence-corrected chi connectivity index (χ1v) is 9.00. The monoisotopic (exact) mass is 386 g/mol. The predicted octanol–water partition coefficient (Wildman–Crippen LogP) is 3.40. The van der Waals surface area contributed by atoms with Gasteiger partial charge in [-0.05, 0) is 23.8 Å². The third kappa shape index (κ3) is 3.98. The standard InChI is InChI=1S/C22H18N4O3/c1-26-21(28)12-19(16-6-9-23-10-7-16)25-22(26)24-13-20(27)17-4-2-15(3-5-17)18-8-11-29-14-18/h2-12,14H,13H2,1H3,(H,24,25). The van der Waals surface area contributed by atoms with Gasteiger partial charge in [0.15, 0.2) is 5.78 Å². The minimum atomic E-state index is -0.216. The maximum atomic E-state index is 12.6. The van der Waals surface area contributed by atoms with Gasteiger partial charge in [-0.2, -0.15) is 0 Å². The van der Waals surface area contributed by atoms with E-state index in [4.69, 9.17) is 4.42 Å². The Balaban J connectivity index is 1.50. The van der Waals surface area contributed by atoms with Crippen LogP contribution in [-0.4, -0.2) is 26.9 Å². The van der Waals surface area contributed by atoms with Gasteiger partial charge in [-0.1, -0.05) is 24.3 Å². The second kappa shape index (κ2) is 7.93. The van der Waals surface area contributed by atoms with Crippen molar-refractivity contribution in [2.24, 2.45) is 7.05 Å². The summed E-state index contributed by atoms with van der Waals surface area (Å²) >= 11 is 0. The normalized spacial score (nSPS) is 10.7. The molecule has 1 aromatic carbocycles. The lowest BCUT2D eigenvalue weighted by Gasteiger charge is -2.11. The van der Waals surface area contributed by atoms with Crippen molar-refractivity contribution in [3.8, 4) is 22.4 Å². The number of nitrogens with one attached hydrogen (secondary N) is 1. The molecule has 0 saturated heterocycles. The van der Waals surface area contributed by atoms with Crippen LogP contribution in [0, 0.1) is 0 Å². The molecule has 0 saturated carbocycles. The minimum absolute atomic E-state index is 0.0190. The molecule has 0 aliphatic heterocycles. The van der Waals surface area contributed by atoms with E-state index in [1.807, 2.05) is 18.2 Å². The van der Waals surface area contributed by atoms with E-state index in [2.05, 4.69) is 15.3 Å². The van der Waals surface area contributed by atoms with Gasteiger partial charge < -0.3 is 9.73 Å². The quantitative estimate of drug-likeness (QED) is 0.511. The molecule has 7 heteroatoms. The van der Waals surface area contributed by atoms with Crippen LogP contribution in [0.2, 0.25) is 0 Å². The van der Waals surface area contributed by atoms with Gasteiger partial charge in [0.1, 0.15) is 0 Å². The number of anilines is 1. The van der Waals surface area contributed by atoms with Crippen molar-refractivity contribution in [2.45, 2.75) is 0 Å². The number of furan rings is 1. The first-order chi connectivity index (χ1) is 14.1. The molecule has 3 aromatic heterocycles. The van der Waals surface area contributed by atoms with Crippen molar-refractivity contribution in [1.29, 1.82) is 0 Å². The van der Waals surface area contributed by atoms with E-state index in [9.17, 15) is 9.59 Å². The van der Waals surface area contributed by atoms with Crippen LogP contribution in [-0.2, 0) is 7.05 Å². The van der Waals surface area contributed by atoms with E-state index in [0.29, 0.717) is 17.2 Å². The number of rotatable bonds is 6. The second-order valence-electron chi connectivity index (χ2n) is 6.46. The summed E-state index contributed by atoms with van der Waals surface area (Å²) in [4.78, 5) is 33.3. The molecule has 0 spiro atoms. The van der Waals surface area contributed by atoms with Crippen LogP contribution in [0.25, 0.3) is 22.4 Å². The number of carbonyl (C=O) groups excluding carboxylic acids is 1. The fourth-order valence-electron chi connectivity index (χ4n) is 2.91. The first kappa shape index (κ1) is 18.4. The Morgan fingerprint density at radius 1 is 1.03 bits per heavy atom. The lowest BCUT2D eigenvalue weighted by Crippen LogP contribution is -2.24. The summed E-state index contributed by atoms with van der Waals surface area (Å²) in [5.41, 5.74) is 3.58. The van der Waals surface area contributed by atoms with Gasteiger partial charge in [0.05, 0.1) is 24.8 Å². The zero-order chi connectivity index (χ0) is 20.2. The van der Waals surface area contributed by atoms with Gasteiger partial charge in [-0.15, -0.1) is 0 Å². The van der Waals surface area contributed by atoms with Crippen molar-refractivity contribution in [3.05, 3.63) is 89.4 Å². The number of pyridine rings is 1. The fourth-order valence-corrected chi connectivity index (χ4v) is 2.91. The number of hydrogen-bond donors (Lipinski definition) is 1. The summed E-state index contributed by atoms with van der Waals surface area (Å²) in [7, 11) is 1.61. The topological polar surface area (TPSA) is 90.0 Å². The Morgan fingerprint density at radius 3 is 2.48 bits per heavy atom. The SMILES string of the molecule is Cn1c(NCC(=O)c2ccc(-c3ccoc3)cc2)nc(-c2ccncc2)cc1=O. The Bertz CT molecular complexity index is 1180. The molecule has 0 fully saturated rings. The molecular weight excluding hydrogens is 368 g/mol. The molecule has 7 nitrogen and oxygen atoms in total. The van der Waals surface area contributed by atoms with Crippen LogP contribution < -0.4 is 10.9 Å². The minimum Gasteiger partial charge on any atom is -0.472 e. The molecule has 29 heavy (non-hydrogen) atoms. The molecule has 3 heterocycles. The average Bonchev–Trinajstić information content (AvgIpc) is 3.30. The third-order valence-electron chi connectivity index (χ3n) is 4.58. The highest BCUT2D eigenvalue weighted by molar-refractivity contribution is 5.99. The summed E-state index contributed by atoms with van der Waals surface area (Å²) in [5, 5.41) is 2.98. The maximum Gasteiger partial charge on any atom is 0.255 e. The summed E-state index contributed by atoms with van der Waals surface area (Å²) in [6.07, 6.45) is 6.53. The van der Waals surface area contributed by atoms with Crippen LogP contribution in [0.4, 0.5) is 5.95 Å². The second-order valence-corrected chi connectivity index (χ2v) is 6.46. The van der Waals surface area contributed by atoms with Gasteiger partial charge in [0, 0.05) is 42.2 Å². The summed E-state index contributed by atoms with van der Waals surface area (Å²) in [5.74, 6) is 0.222. The molecule has 0 aliphatic rings. The van der Waals surface area contributed by atoms with E-state index in [-0.39, 0.29) is 17.9 Å². The summed E-state index contributed by atoms with van der Waals surface area (Å²) in [6, 6.07) is 14.2. The van der Waals surface area contributed by atoms with E-state index in [0.717, 1.165) is 16.7 Å². The largest absolute Gasteiger partial charge is 0.472 e. The molecule has 4 rings (SSSR count). The lowest BCUT2D eigenvalue weighted by atomic mass is 10.0. The lowest BCUT2D eigenvalue weighted by molar-refractivity contribution is 0.101. The van der Waals surface area contributed by atoms with E-state index in [1.54, 1.807) is 56.2 Å². The maximum absolute atomic E-state index is 12.6. The van der Waals surface area contributed by atoms with E-state index < -0.39 is 0 Å². The van der Waals surface area contributed by atoms with Crippen molar-refractivity contribution in [3.63, 3.8) is 0 Å². The van der Waals surface area contributed by atoms with Crippen molar-refractivity contribution in [2.75, 3.05) is 11.9 Å². The van der Waals surface area contributed by atoms with Gasteiger partial charge >= 0.3 is 0 Å². The number of carbonyl (C=O) groups is 1. The molecule has 0 atom stereocenters. The van der Waals surface area contributed by atoms with Gasteiger partial charge in [-0.3, -0.25) is 19.1 Å². The van der Waals surface area contributed by atoms with E-state index in [1.165, 1.54) is 10.6 Å². The smallest absolute Gasteiger partial charge is 0.255 e. The molecule has 0 radical (unpaired) electrons. The average molecular weight is 386 g/mol. The van der Waals surface area contributed by atoms with Crippen LogP contribution >= 0.6 is 0 Å². The number of hydrogen-bond acceptors (Lipinski definition) is 6. The third-order valence-corrected chi connectivity index (χ3v) is 4.58. The van der Waals surface area contributed by atoms with Gasteiger partial charge in [0.25, 0.3) is 5.56 Å². The number of ketones is 1. The highest BCUT2D eigenvalue weighted by Gasteiger charge is 2.11. The van der Waals surface area contributed by atoms with Gasteiger partial charge in [0.2, 0.25) is 5.95 Å². The molecule has 0 aliphatic carbocycles. The Kier molecular flexibility index (Phi) is 5.03. The Labute approximate surface area is 166 Å². The number of Topliss-reactive ketones (excluding diaryl/α,β-unsaturated/α-hetero) is 1. The van der Waals surface area contributed by atoms with Crippen molar-refractivity contribution in [1.82, 2.24) is 14.5 Å². The van der Waals surface area contributed by atoms with Crippen LogP contribution in [0.1, 0.15) is 10.4 Å². The molecular formula is C22H18N4O3. The molecule has 0 bridgehead atoms. The summed E-state index contributed by atoms with van der Waals surface area (Å²) in [6.45, 7) is 0.0190. The van der Waals surface area contributed by atoms with Crippen LogP contribution in [0.15, 0.2) is 82.7 Å². The molecule has 0 unspecified atom stereocenters. The predicted molar refractivity (Wildman–Crippen MR) is 110 cm³/mol. The zero-order valence-corrected chi connectivity index (χ0v) is 15.7. The molecule has 0 amide bonds. The Morgan fingerprint density at radius 2 is 1.79 bits per heavy atom. The zero-order valence-electron chi connectivity index (χ0n) is 15.7. The van der Waals surface area contributed by atoms with Crippen LogP contribution in [0.3, 0.4) is 0 Å². The molecule has 144 valence electrons. The highest BCUT2D eigenvalue weighted by atomic mass is 16.3. The number of nitrogens with zero attached hydrogens (tertiary/aromatic N) is 3. The first-order valence-electron chi connectivity index (χ1n) is 9.00. The molecule has 1 N–H and O–H groups in total. The van der Waals surface area contributed by atoms with Crippen LogP contribution in [0.5, 0.6) is 0 Å². The van der Waals surface area contributed by atoms with Gasteiger partial charge in [-0.25, -0.2) is 4.98 Å². The molecule has 4 aromatic rings. The highest BCUT2D eigenvalue weighted by Crippen LogP contribution is 2.20. The fraction of sp³-hybridized carbons (Fsp3) is 0.0909. The van der Waals surface area contributed by atoms with Crippen molar-refractivity contribution >= 4 is 11.7 Å². The van der Waals surface area contributed by atoms with Crippen molar-refractivity contribution < 1.29 is 9.21 Å². The van der Waals surface area contributed by atoms with E-state index >= 15 is 0 Å². The number of benzene rings is 1. The number of aromatic nitrogens is 3. The summed E-state index contributed by atoms with van der Waals surface area (Å²) < 4.78 is 6.46. The Hall–Kier alpha value is -4.00.